The Labute approximate surface area is 303 Å². The predicted molar refractivity (Wildman–Crippen MR) is 196 cm³/mol. The summed E-state index contributed by atoms with van der Waals surface area (Å²) >= 11 is 12.6. The fourth-order valence-corrected chi connectivity index (χ4v) is 6.98. The van der Waals surface area contributed by atoms with Crippen molar-refractivity contribution >= 4 is 50.7 Å². The predicted octanol–water partition coefficient (Wildman–Crippen LogP) is 6.77. The van der Waals surface area contributed by atoms with E-state index in [2.05, 4.69) is 5.32 Å². The van der Waals surface area contributed by atoms with Crippen LogP contribution >= 0.6 is 23.2 Å². The van der Waals surface area contributed by atoms with Gasteiger partial charge in [0.15, 0.2) is 11.5 Å². The first-order chi connectivity index (χ1) is 23.9. The summed E-state index contributed by atoms with van der Waals surface area (Å²) in [5.41, 5.74) is 1.53. The molecule has 0 aliphatic rings. The third kappa shape index (κ3) is 9.41. The SMILES string of the molecule is CC[C@@H](C)NC(=O)[C@H](Cc1ccccc1)N(Cc1ccc(Cl)cc1)C(=O)CN(c1cc(Cl)ccc1OC)S(=O)(=O)c1ccc(OC)c(OC)c1. The van der Waals surface area contributed by atoms with Crippen molar-refractivity contribution < 1.29 is 32.2 Å². The van der Waals surface area contributed by atoms with Gasteiger partial charge in [-0.1, -0.05) is 72.6 Å². The molecular formula is C37H41Cl2N3O7S. The number of hydrogen-bond acceptors (Lipinski definition) is 7. The van der Waals surface area contributed by atoms with E-state index in [1.54, 1.807) is 30.3 Å². The fraction of sp³-hybridized carbons (Fsp3) is 0.297. The third-order valence-corrected chi connectivity index (χ3v) is 10.4. The minimum atomic E-state index is -4.50. The van der Waals surface area contributed by atoms with Crippen LogP contribution in [0.15, 0.2) is 95.9 Å². The van der Waals surface area contributed by atoms with Gasteiger partial charge in [-0.25, -0.2) is 8.42 Å². The van der Waals surface area contributed by atoms with Gasteiger partial charge in [0.1, 0.15) is 18.3 Å². The van der Waals surface area contributed by atoms with Crippen LogP contribution in [0.5, 0.6) is 17.2 Å². The van der Waals surface area contributed by atoms with Crippen LogP contribution < -0.4 is 23.8 Å². The molecule has 50 heavy (non-hydrogen) atoms. The zero-order valence-electron chi connectivity index (χ0n) is 28.6. The fourth-order valence-electron chi connectivity index (χ4n) is 5.26. The molecule has 0 fully saturated rings. The maximum atomic E-state index is 14.8. The number of carbonyl (C=O) groups is 2. The summed E-state index contributed by atoms with van der Waals surface area (Å²) in [4.78, 5) is 30.0. The highest BCUT2D eigenvalue weighted by molar-refractivity contribution is 7.92. The molecule has 2 amide bonds. The average Bonchev–Trinajstić information content (AvgIpc) is 3.12. The summed E-state index contributed by atoms with van der Waals surface area (Å²) in [7, 11) is -0.288. The third-order valence-electron chi connectivity index (χ3n) is 8.17. The Bertz CT molecular complexity index is 1880. The summed E-state index contributed by atoms with van der Waals surface area (Å²) in [6, 6.07) is 23.6. The number of nitrogens with one attached hydrogen (secondary N) is 1. The quantitative estimate of drug-likeness (QED) is 0.135. The molecule has 4 aromatic carbocycles. The lowest BCUT2D eigenvalue weighted by atomic mass is 10.0. The number of benzene rings is 4. The number of sulfonamides is 1. The minimum Gasteiger partial charge on any atom is -0.495 e. The molecule has 10 nitrogen and oxygen atoms in total. The standard InChI is InChI=1S/C37H41Cl2N3O7S/c1-6-25(2)40-37(44)32(20-26-10-8-7-9-11-26)41(23-27-12-14-28(38)15-13-27)36(43)24-42(31-21-29(39)16-18-33(31)47-3)50(45,46)30-17-19-34(48-4)35(22-30)49-5/h7-19,21-22,25,32H,6,20,23-24H2,1-5H3,(H,40,44)/t25-,32+/m1/s1. The van der Waals surface area contributed by atoms with Crippen molar-refractivity contribution in [1.29, 1.82) is 0 Å². The number of nitrogens with zero attached hydrogens (tertiary/aromatic N) is 2. The average molecular weight is 743 g/mol. The summed E-state index contributed by atoms with van der Waals surface area (Å²) in [6.45, 7) is 3.11. The Hall–Kier alpha value is -4.45. The first-order valence-corrected chi connectivity index (χ1v) is 18.1. The molecule has 0 saturated heterocycles. The van der Waals surface area contributed by atoms with Crippen LogP contribution in [-0.4, -0.2) is 65.1 Å². The number of anilines is 1. The zero-order chi connectivity index (χ0) is 36.4. The Kier molecular flexibility index (Phi) is 13.4. The first-order valence-electron chi connectivity index (χ1n) is 15.9. The van der Waals surface area contributed by atoms with Crippen molar-refractivity contribution in [1.82, 2.24) is 10.2 Å². The highest BCUT2D eigenvalue weighted by Crippen LogP contribution is 2.37. The smallest absolute Gasteiger partial charge is 0.265 e. The zero-order valence-corrected chi connectivity index (χ0v) is 30.9. The Morgan fingerprint density at radius 1 is 0.780 bits per heavy atom. The molecule has 266 valence electrons. The van der Waals surface area contributed by atoms with Crippen LogP contribution in [0.4, 0.5) is 5.69 Å². The van der Waals surface area contributed by atoms with Crippen LogP contribution in [0.2, 0.25) is 10.0 Å². The molecule has 0 aliphatic heterocycles. The second kappa shape index (κ2) is 17.5. The maximum absolute atomic E-state index is 14.8. The van der Waals surface area contributed by atoms with Gasteiger partial charge in [-0.2, -0.15) is 0 Å². The van der Waals surface area contributed by atoms with Gasteiger partial charge in [0.2, 0.25) is 11.8 Å². The minimum absolute atomic E-state index is 0.0155. The molecule has 4 aromatic rings. The molecule has 0 heterocycles. The normalized spacial score (nSPS) is 12.4. The van der Waals surface area contributed by atoms with Crippen LogP contribution in [0.3, 0.4) is 0 Å². The van der Waals surface area contributed by atoms with E-state index < -0.39 is 28.5 Å². The number of methoxy groups -OCH3 is 3. The molecule has 4 rings (SSSR count). The van der Waals surface area contributed by atoms with Gasteiger partial charge in [0.05, 0.1) is 31.9 Å². The summed E-state index contributed by atoms with van der Waals surface area (Å²) in [5, 5.41) is 3.74. The molecule has 0 bridgehead atoms. The lowest BCUT2D eigenvalue weighted by molar-refractivity contribution is -0.140. The van der Waals surface area contributed by atoms with E-state index in [4.69, 9.17) is 37.4 Å². The van der Waals surface area contributed by atoms with E-state index in [0.717, 1.165) is 9.87 Å². The maximum Gasteiger partial charge on any atom is 0.265 e. The van der Waals surface area contributed by atoms with Gasteiger partial charge in [-0.05, 0) is 66.9 Å². The van der Waals surface area contributed by atoms with Gasteiger partial charge < -0.3 is 24.4 Å². The van der Waals surface area contributed by atoms with Gasteiger partial charge in [-0.15, -0.1) is 0 Å². The van der Waals surface area contributed by atoms with Crippen molar-refractivity contribution in [2.24, 2.45) is 0 Å². The summed E-state index contributed by atoms with van der Waals surface area (Å²) in [5.74, 6) is -0.371. The van der Waals surface area contributed by atoms with Crippen molar-refractivity contribution in [3.8, 4) is 17.2 Å². The summed E-state index contributed by atoms with van der Waals surface area (Å²) in [6.07, 6.45) is 0.839. The number of halogens is 2. The van der Waals surface area contributed by atoms with Gasteiger partial charge in [0, 0.05) is 35.1 Å². The Morgan fingerprint density at radius 2 is 1.40 bits per heavy atom. The van der Waals surface area contributed by atoms with E-state index in [-0.39, 0.29) is 52.0 Å². The molecule has 1 N–H and O–H groups in total. The molecule has 0 unspecified atom stereocenters. The van der Waals surface area contributed by atoms with Crippen LogP contribution in [0.1, 0.15) is 31.4 Å². The Morgan fingerprint density at radius 3 is 2.02 bits per heavy atom. The van der Waals surface area contributed by atoms with E-state index in [1.807, 2.05) is 44.2 Å². The molecule has 0 aromatic heterocycles. The van der Waals surface area contributed by atoms with Crippen molar-refractivity contribution in [2.45, 2.75) is 50.2 Å². The van der Waals surface area contributed by atoms with Gasteiger partial charge in [0.25, 0.3) is 10.0 Å². The monoisotopic (exact) mass is 741 g/mol. The van der Waals surface area contributed by atoms with Gasteiger partial charge in [-0.3, -0.25) is 13.9 Å². The molecule has 2 atom stereocenters. The van der Waals surface area contributed by atoms with Crippen LogP contribution in [0.25, 0.3) is 0 Å². The van der Waals surface area contributed by atoms with Crippen molar-refractivity contribution in [3.63, 3.8) is 0 Å². The van der Waals surface area contributed by atoms with E-state index in [9.17, 15) is 18.0 Å². The van der Waals surface area contributed by atoms with Gasteiger partial charge >= 0.3 is 0 Å². The van der Waals surface area contributed by atoms with E-state index in [0.29, 0.717) is 22.8 Å². The van der Waals surface area contributed by atoms with Crippen LogP contribution in [0, 0.1) is 0 Å². The molecule has 0 spiro atoms. The lowest BCUT2D eigenvalue weighted by Crippen LogP contribution is -2.54. The first kappa shape index (κ1) is 38.4. The van der Waals surface area contributed by atoms with Crippen LogP contribution in [-0.2, 0) is 32.6 Å². The summed E-state index contributed by atoms with van der Waals surface area (Å²) < 4.78 is 46.3. The number of carbonyl (C=O) groups excluding carboxylic acids is 2. The van der Waals surface area contributed by atoms with E-state index >= 15 is 0 Å². The van der Waals surface area contributed by atoms with E-state index in [1.165, 1.54) is 56.6 Å². The molecule has 0 aliphatic carbocycles. The molecule has 0 saturated carbocycles. The Balaban J connectivity index is 1.88. The second-order valence-electron chi connectivity index (χ2n) is 11.5. The molecule has 13 heteroatoms. The number of rotatable bonds is 16. The highest BCUT2D eigenvalue weighted by atomic mass is 35.5. The number of amides is 2. The lowest BCUT2D eigenvalue weighted by Gasteiger charge is -2.34. The van der Waals surface area contributed by atoms with Crippen molar-refractivity contribution in [2.75, 3.05) is 32.2 Å². The topological polar surface area (TPSA) is 114 Å². The highest BCUT2D eigenvalue weighted by Gasteiger charge is 2.36. The molecular weight excluding hydrogens is 701 g/mol. The largest absolute Gasteiger partial charge is 0.495 e. The number of ether oxygens (including phenoxy) is 3. The molecule has 0 radical (unpaired) electrons. The van der Waals surface area contributed by atoms with Crippen molar-refractivity contribution in [3.05, 3.63) is 112 Å². The number of hydrogen-bond donors (Lipinski definition) is 1. The second-order valence-corrected chi connectivity index (χ2v) is 14.3.